The summed E-state index contributed by atoms with van der Waals surface area (Å²) < 4.78 is 0. The van der Waals surface area contributed by atoms with E-state index in [4.69, 9.17) is 11.6 Å². The lowest BCUT2D eigenvalue weighted by atomic mass is 9.99. The van der Waals surface area contributed by atoms with Crippen LogP contribution in [-0.2, 0) is 6.42 Å². The molecule has 1 aliphatic heterocycles. The van der Waals surface area contributed by atoms with Gasteiger partial charge in [0.1, 0.15) is 0 Å². The summed E-state index contributed by atoms with van der Waals surface area (Å²) in [6.45, 7) is 2.95. The quantitative estimate of drug-likeness (QED) is 0.697. The molecule has 88 valence electrons. The van der Waals surface area contributed by atoms with E-state index in [9.17, 15) is 10.2 Å². The standard InChI is InChI=1S/C12H16ClNO2/c1-7-5-10(15)12(16)11(13)9(7)6-8-3-2-4-14-8/h5,8,14-16H,2-4,6H2,1H3. The fourth-order valence-corrected chi connectivity index (χ4v) is 2.54. The van der Waals surface area contributed by atoms with E-state index in [1.54, 1.807) is 6.07 Å². The van der Waals surface area contributed by atoms with E-state index in [1.807, 2.05) is 6.92 Å². The lowest BCUT2D eigenvalue weighted by Crippen LogP contribution is -2.24. The molecular weight excluding hydrogens is 226 g/mol. The molecule has 0 bridgehead atoms. The molecule has 0 saturated carbocycles. The van der Waals surface area contributed by atoms with Crippen LogP contribution in [0.25, 0.3) is 0 Å². The molecule has 3 nitrogen and oxygen atoms in total. The number of rotatable bonds is 2. The van der Waals surface area contributed by atoms with Crippen molar-refractivity contribution in [2.45, 2.75) is 32.2 Å². The smallest absolute Gasteiger partial charge is 0.176 e. The third-order valence-corrected chi connectivity index (χ3v) is 3.56. The largest absolute Gasteiger partial charge is 0.504 e. The molecule has 1 atom stereocenters. The van der Waals surface area contributed by atoms with Crippen molar-refractivity contribution in [1.82, 2.24) is 5.32 Å². The van der Waals surface area contributed by atoms with Crippen molar-refractivity contribution in [1.29, 1.82) is 0 Å². The average molecular weight is 242 g/mol. The molecule has 4 heteroatoms. The Hall–Kier alpha value is -0.930. The van der Waals surface area contributed by atoms with E-state index >= 15 is 0 Å². The van der Waals surface area contributed by atoms with E-state index < -0.39 is 0 Å². The summed E-state index contributed by atoms with van der Waals surface area (Å²) in [4.78, 5) is 0. The summed E-state index contributed by atoms with van der Waals surface area (Å²) in [6.07, 6.45) is 3.13. The van der Waals surface area contributed by atoms with Crippen molar-refractivity contribution in [3.8, 4) is 11.5 Å². The van der Waals surface area contributed by atoms with Crippen molar-refractivity contribution < 1.29 is 10.2 Å². The Kier molecular flexibility index (Phi) is 3.26. The van der Waals surface area contributed by atoms with Crippen LogP contribution in [0, 0.1) is 6.92 Å². The van der Waals surface area contributed by atoms with Gasteiger partial charge in [-0.25, -0.2) is 0 Å². The lowest BCUT2D eigenvalue weighted by molar-refractivity contribution is 0.402. The number of phenolic OH excluding ortho intramolecular Hbond substituents is 2. The first-order valence-corrected chi connectivity index (χ1v) is 5.90. The third kappa shape index (κ3) is 2.11. The molecule has 16 heavy (non-hydrogen) atoms. The molecule has 1 heterocycles. The Morgan fingerprint density at radius 3 is 2.88 bits per heavy atom. The number of nitrogens with one attached hydrogen (secondary N) is 1. The molecule has 0 radical (unpaired) electrons. The van der Waals surface area contributed by atoms with E-state index in [-0.39, 0.29) is 16.5 Å². The third-order valence-electron chi connectivity index (χ3n) is 3.16. The second-order valence-corrected chi connectivity index (χ2v) is 4.73. The van der Waals surface area contributed by atoms with E-state index in [2.05, 4.69) is 5.32 Å². The van der Waals surface area contributed by atoms with Gasteiger partial charge in [-0.3, -0.25) is 0 Å². The number of benzene rings is 1. The molecule has 0 aromatic heterocycles. The summed E-state index contributed by atoms with van der Waals surface area (Å²) >= 11 is 6.04. The Bertz CT molecular complexity index is 400. The van der Waals surface area contributed by atoms with Crippen LogP contribution in [0.3, 0.4) is 0 Å². The number of hydrogen-bond donors (Lipinski definition) is 3. The highest BCUT2D eigenvalue weighted by atomic mass is 35.5. The highest BCUT2D eigenvalue weighted by molar-refractivity contribution is 6.33. The second kappa shape index (κ2) is 4.52. The number of phenols is 2. The van der Waals surface area contributed by atoms with E-state index in [1.165, 1.54) is 6.42 Å². The molecule has 0 amide bonds. The minimum absolute atomic E-state index is 0.148. The first-order valence-electron chi connectivity index (χ1n) is 5.53. The summed E-state index contributed by atoms with van der Waals surface area (Å²) in [5.41, 5.74) is 1.85. The zero-order valence-corrected chi connectivity index (χ0v) is 10.0. The zero-order chi connectivity index (χ0) is 11.7. The second-order valence-electron chi connectivity index (χ2n) is 4.35. The van der Waals surface area contributed by atoms with Crippen molar-refractivity contribution in [3.05, 3.63) is 22.2 Å². The van der Waals surface area contributed by atoms with Gasteiger partial charge in [0.2, 0.25) is 0 Å². The molecule has 1 aromatic carbocycles. The van der Waals surface area contributed by atoms with E-state index in [0.717, 1.165) is 30.5 Å². The maximum Gasteiger partial charge on any atom is 0.176 e. The number of halogens is 1. The monoisotopic (exact) mass is 241 g/mol. The van der Waals surface area contributed by atoms with Gasteiger partial charge in [0.15, 0.2) is 11.5 Å². The van der Waals surface area contributed by atoms with Crippen LogP contribution in [-0.4, -0.2) is 22.8 Å². The predicted octanol–water partition coefficient (Wildman–Crippen LogP) is 2.35. The highest BCUT2D eigenvalue weighted by Crippen LogP contribution is 2.38. The average Bonchev–Trinajstić information content (AvgIpc) is 2.74. The number of hydrogen-bond acceptors (Lipinski definition) is 3. The van der Waals surface area contributed by atoms with Crippen molar-refractivity contribution >= 4 is 11.6 Å². The first kappa shape index (κ1) is 11.6. The molecule has 1 unspecified atom stereocenters. The fourth-order valence-electron chi connectivity index (χ4n) is 2.22. The molecule has 1 aromatic rings. The lowest BCUT2D eigenvalue weighted by Gasteiger charge is -2.15. The topological polar surface area (TPSA) is 52.5 Å². The summed E-state index contributed by atoms with van der Waals surface area (Å²) in [5.74, 6) is -0.356. The van der Waals surface area contributed by atoms with Crippen LogP contribution in [0.15, 0.2) is 6.07 Å². The maximum atomic E-state index is 9.58. The van der Waals surface area contributed by atoms with Crippen LogP contribution in [0.5, 0.6) is 11.5 Å². The van der Waals surface area contributed by atoms with Gasteiger partial charge in [-0.15, -0.1) is 0 Å². The Balaban J connectivity index is 2.28. The molecular formula is C12H16ClNO2. The molecule has 0 spiro atoms. The molecule has 1 aliphatic rings. The predicted molar refractivity (Wildman–Crippen MR) is 64.2 cm³/mol. The Morgan fingerprint density at radius 2 is 2.25 bits per heavy atom. The van der Waals surface area contributed by atoms with Gasteiger partial charge in [0.25, 0.3) is 0 Å². The van der Waals surface area contributed by atoms with Gasteiger partial charge in [0.05, 0.1) is 5.02 Å². The molecule has 1 saturated heterocycles. The Morgan fingerprint density at radius 1 is 1.50 bits per heavy atom. The van der Waals surface area contributed by atoms with Crippen LogP contribution >= 0.6 is 11.6 Å². The van der Waals surface area contributed by atoms with Gasteiger partial charge in [0, 0.05) is 6.04 Å². The molecule has 3 N–H and O–H groups in total. The number of aryl methyl sites for hydroxylation is 1. The van der Waals surface area contributed by atoms with Crippen LogP contribution in [0.1, 0.15) is 24.0 Å². The zero-order valence-electron chi connectivity index (χ0n) is 9.26. The highest BCUT2D eigenvalue weighted by Gasteiger charge is 2.20. The van der Waals surface area contributed by atoms with Crippen molar-refractivity contribution in [3.63, 3.8) is 0 Å². The maximum absolute atomic E-state index is 9.58. The van der Waals surface area contributed by atoms with Gasteiger partial charge < -0.3 is 15.5 Å². The summed E-state index contributed by atoms with van der Waals surface area (Å²) in [6, 6.07) is 1.99. The first-order chi connectivity index (χ1) is 7.59. The SMILES string of the molecule is Cc1cc(O)c(O)c(Cl)c1CC1CCCN1. The van der Waals surface area contributed by atoms with Crippen molar-refractivity contribution in [2.75, 3.05) is 6.54 Å². The Labute approximate surface area is 100 Å². The number of aromatic hydroxyl groups is 2. The molecule has 2 rings (SSSR count). The van der Waals surface area contributed by atoms with E-state index in [0.29, 0.717) is 6.04 Å². The molecule has 1 fully saturated rings. The normalized spacial score (nSPS) is 20.2. The summed E-state index contributed by atoms with van der Waals surface area (Å²) in [7, 11) is 0. The molecule has 0 aliphatic carbocycles. The fraction of sp³-hybridized carbons (Fsp3) is 0.500. The minimum Gasteiger partial charge on any atom is -0.504 e. The van der Waals surface area contributed by atoms with Crippen LogP contribution in [0.2, 0.25) is 5.02 Å². The van der Waals surface area contributed by atoms with Gasteiger partial charge in [-0.1, -0.05) is 11.6 Å². The summed E-state index contributed by atoms with van der Waals surface area (Å²) in [5, 5.41) is 22.7. The van der Waals surface area contributed by atoms with Crippen molar-refractivity contribution in [2.24, 2.45) is 0 Å². The van der Waals surface area contributed by atoms with Crippen LogP contribution in [0.4, 0.5) is 0 Å². The minimum atomic E-state index is -0.208. The van der Waals surface area contributed by atoms with Crippen LogP contribution < -0.4 is 5.32 Å². The van der Waals surface area contributed by atoms with Gasteiger partial charge >= 0.3 is 0 Å². The van der Waals surface area contributed by atoms with Gasteiger partial charge in [-0.05, 0) is 49.9 Å². The van der Waals surface area contributed by atoms with Gasteiger partial charge in [-0.2, -0.15) is 0 Å².